The van der Waals surface area contributed by atoms with E-state index in [1.54, 1.807) is 24.3 Å². The van der Waals surface area contributed by atoms with Gasteiger partial charge in [0, 0.05) is 11.1 Å². The molecule has 0 spiro atoms. The molecule has 0 atom stereocenters. The normalized spacial score (nSPS) is 10.7. The van der Waals surface area contributed by atoms with Gasteiger partial charge in [0.1, 0.15) is 6.61 Å². The number of hydrogen-bond acceptors (Lipinski definition) is 5. The first-order chi connectivity index (χ1) is 14.1. The number of hydrogen-bond donors (Lipinski definition) is 0. The molecule has 0 saturated carbocycles. The van der Waals surface area contributed by atoms with Crippen LogP contribution in [0.3, 0.4) is 0 Å². The average molecular weight is 384 g/mol. The van der Waals surface area contributed by atoms with Crippen LogP contribution in [0.5, 0.6) is 0 Å². The molecule has 0 saturated heterocycles. The Kier molecular flexibility index (Phi) is 5.20. The Morgan fingerprint density at radius 3 is 2.17 bits per heavy atom. The standard InChI is InChI=1S/C24H20N2O3/c1-16-8-9-21(17(2)14-16)15-28-24(27)20-12-10-19(11-13-20)23-26-25-22(29-23)18-6-4-3-5-7-18/h3-14H,15H2,1-2H3. The third-order valence-electron chi connectivity index (χ3n) is 4.67. The Morgan fingerprint density at radius 1 is 0.862 bits per heavy atom. The van der Waals surface area contributed by atoms with Crippen LogP contribution < -0.4 is 0 Å². The first kappa shape index (κ1) is 18.6. The molecule has 144 valence electrons. The molecule has 1 aromatic heterocycles. The number of carbonyl (C=O) groups is 1. The van der Waals surface area contributed by atoms with Crippen molar-refractivity contribution in [2.45, 2.75) is 20.5 Å². The van der Waals surface area contributed by atoms with Gasteiger partial charge in [0.15, 0.2) is 0 Å². The highest BCUT2D eigenvalue weighted by Gasteiger charge is 2.13. The van der Waals surface area contributed by atoms with E-state index in [0.29, 0.717) is 17.3 Å². The van der Waals surface area contributed by atoms with Crippen LogP contribution in [-0.4, -0.2) is 16.2 Å². The van der Waals surface area contributed by atoms with Gasteiger partial charge in [0.25, 0.3) is 0 Å². The van der Waals surface area contributed by atoms with Crippen molar-refractivity contribution < 1.29 is 13.9 Å². The molecule has 0 unspecified atom stereocenters. The third-order valence-corrected chi connectivity index (χ3v) is 4.67. The SMILES string of the molecule is Cc1ccc(COC(=O)c2ccc(-c3nnc(-c4ccccc4)o3)cc2)c(C)c1. The molecule has 0 aliphatic heterocycles. The van der Waals surface area contributed by atoms with Crippen molar-refractivity contribution in [2.75, 3.05) is 0 Å². The van der Waals surface area contributed by atoms with Crippen LogP contribution in [0.1, 0.15) is 27.0 Å². The predicted octanol–water partition coefficient (Wildman–Crippen LogP) is 5.38. The Balaban J connectivity index is 1.44. The van der Waals surface area contributed by atoms with E-state index in [2.05, 4.69) is 16.3 Å². The number of carbonyl (C=O) groups excluding carboxylic acids is 1. The lowest BCUT2D eigenvalue weighted by Gasteiger charge is -2.08. The summed E-state index contributed by atoms with van der Waals surface area (Å²) in [5.74, 6) is 0.489. The van der Waals surface area contributed by atoms with E-state index in [0.717, 1.165) is 22.3 Å². The molecule has 5 heteroatoms. The summed E-state index contributed by atoms with van der Waals surface area (Å²) < 4.78 is 11.2. The molecule has 3 aromatic carbocycles. The summed E-state index contributed by atoms with van der Waals surface area (Å²) in [6.07, 6.45) is 0. The monoisotopic (exact) mass is 384 g/mol. The first-order valence-electron chi connectivity index (χ1n) is 9.33. The molecule has 0 radical (unpaired) electrons. The van der Waals surface area contributed by atoms with E-state index >= 15 is 0 Å². The molecule has 0 aliphatic carbocycles. The molecule has 0 fully saturated rings. The zero-order valence-corrected chi connectivity index (χ0v) is 16.3. The van der Waals surface area contributed by atoms with Gasteiger partial charge in [-0.05, 0) is 61.4 Å². The van der Waals surface area contributed by atoms with Gasteiger partial charge in [-0.15, -0.1) is 10.2 Å². The molecule has 0 N–H and O–H groups in total. The van der Waals surface area contributed by atoms with Crippen LogP contribution in [0.4, 0.5) is 0 Å². The van der Waals surface area contributed by atoms with Crippen LogP contribution in [0, 0.1) is 13.8 Å². The summed E-state index contributed by atoms with van der Waals surface area (Å²) >= 11 is 0. The fourth-order valence-electron chi connectivity index (χ4n) is 3.02. The van der Waals surface area contributed by atoms with E-state index in [-0.39, 0.29) is 12.6 Å². The van der Waals surface area contributed by atoms with Gasteiger partial charge in [-0.1, -0.05) is 42.0 Å². The topological polar surface area (TPSA) is 65.2 Å². The Labute approximate surface area is 169 Å². The lowest BCUT2D eigenvalue weighted by atomic mass is 10.1. The highest BCUT2D eigenvalue weighted by Crippen LogP contribution is 2.24. The quantitative estimate of drug-likeness (QED) is 0.432. The molecule has 5 nitrogen and oxygen atoms in total. The highest BCUT2D eigenvalue weighted by atomic mass is 16.5. The molecule has 29 heavy (non-hydrogen) atoms. The second-order valence-electron chi connectivity index (χ2n) is 6.86. The van der Waals surface area contributed by atoms with Gasteiger partial charge in [-0.25, -0.2) is 4.79 Å². The Bertz CT molecular complexity index is 1130. The van der Waals surface area contributed by atoms with Gasteiger partial charge in [-0.2, -0.15) is 0 Å². The summed E-state index contributed by atoms with van der Waals surface area (Å²) in [6.45, 7) is 4.30. The van der Waals surface area contributed by atoms with Crippen LogP contribution in [0.2, 0.25) is 0 Å². The minimum absolute atomic E-state index is 0.247. The number of nitrogens with zero attached hydrogens (tertiary/aromatic N) is 2. The Hall–Kier alpha value is -3.73. The van der Waals surface area contributed by atoms with Gasteiger partial charge in [-0.3, -0.25) is 0 Å². The van der Waals surface area contributed by atoms with E-state index < -0.39 is 0 Å². The number of benzene rings is 3. The van der Waals surface area contributed by atoms with Crippen molar-refractivity contribution in [2.24, 2.45) is 0 Å². The van der Waals surface area contributed by atoms with Crippen molar-refractivity contribution in [3.05, 3.63) is 95.1 Å². The minimum atomic E-state index is -0.368. The Morgan fingerprint density at radius 2 is 1.52 bits per heavy atom. The van der Waals surface area contributed by atoms with Crippen LogP contribution in [-0.2, 0) is 11.3 Å². The summed E-state index contributed by atoms with van der Waals surface area (Å²) in [7, 11) is 0. The number of esters is 1. The molecule has 0 amide bonds. The third kappa shape index (κ3) is 4.24. The fourth-order valence-corrected chi connectivity index (χ4v) is 3.02. The minimum Gasteiger partial charge on any atom is -0.457 e. The van der Waals surface area contributed by atoms with E-state index in [4.69, 9.17) is 9.15 Å². The fraction of sp³-hybridized carbons (Fsp3) is 0.125. The zero-order chi connectivity index (χ0) is 20.2. The van der Waals surface area contributed by atoms with Gasteiger partial charge in [0.05, 0.1) is 5.56 Å². The van der Waals surface area contributed by atoms with E-state index in [1.807, 2.05) is 56.3 Å². The molecule has 0 bridgehead atoms. The molecule has 4 aromatic rings. The molecule has 0 aliphatic rings. The average Bonchev–Trinajstić information content (AvgIpc) is 3.24. The largest absolute Gasteiger partial charge is 0.457 e. The molecule has 1 heterocycles. The van der Waals surface area contributed by atoms with E-state index in [1.165, 1.54) is 5.56 Å². The van der Waals surface area contributed by atoms with Crippen molar-refractivity contribution in [1.82, 2.24) is 10.2 Å². The highest BCUT2D eigenvalue weighted by molar-refractivity contribution is 5.89. The smallest absolute Gasteiger partial charge is 0.338 e. The van der Waals surface area contributed by atoms with Crippen LogP contribution >= 0.6 is 0 Å². The maximum Gasteiger partial charge on any atom is 0.338 e. The molecular formula is C24H20N2O3. The number of aromatic nitrogens is 2. The van der Waals surface area contributed by atoms with Gasteiger partial charge < -0.3 is 9.15 Å². The number of aryl methyl sites for hydroxylation is 2. The lowest BCUT2D eigenvalue weighted by Crippen LogP contribution is -2.06. The second-order valence-corrected chi connectivity index (χ2v) is 6.86. The van der Waals surface area contributed by atoms with Crippen LogP contribution in [0.15, 0.2) is 77.2 Å². The second kappa shape index (κ2) is 8.10. The van der Waals surface area contributed by atoms with Crippen molar-refractivity contribution in [3.8, 4) is 22.9 Å². The summed E-state index contributed by atoms with van der Waals surface area (Å²) in [5.41, 5.74) is 5.37. The zero-order valence-electron chi connectivity index (χ0n) is 16.3. The van der Waals surface area contributed by atoms with Crippen LogP contribution in [0.25, 0.3) is 22.9 Å². The van der Waals surface area contributed by atoms with Crippen molar-refractivity contribution in [1.29, 1.82) is 0 Å². The summed E-state index contributed by atoms with van der Waals surface area (Å²) in [6, 6.07) is 22.6. The molecule has 4 rings (SSSR count). The van der Waals surface area contributed by atoms with Crippen molar-refractivity contribution >= 4 is 5.97 Å². The van der Waals surface area contributed by atoms with Gasteiger partial charge in [0.2, 0.25) is 11.8 Å². The van der Waals surface area contributed by atoms with E-state index in [9.17, 15) is 4.79 Å². The molecular weight excluding hydrogens is 364 g/mol. The lowest BCUT2D eigenvalue weighted by molar-refractivity contribution is 0.0472. The number of rotatable bonds is 5. The number of ether oxygens (including phenoxy) is 1. The first-order valence-corrected chi connectivity index (χ1v) is 9.33. The predicted molar refractivity (Wildman–Crippen MR) is 110 cm³/mol. The summed E-state index contributed by atoms with van der Waals surface area (Å²) in [4.78, 5) is 12.4. The summed E-state index contributed by atoms with van der Waals surface area (Å²) in [5, 5.41) is 8.19. The van der Waals surface area contributed by atoms with Gasteiger partial charge >= 0.3 is 5.97 Å². The van der Waals surface area contributed by atoms with Crippen molar-refractivity contribution in [3.63, 3.8) is 0 Å². The maximum absolute atomic E-state index is 12.4. The maximum atomic E-state index is 12.4.